The van der Waals surface area contributed by atoms with Gasteiger partial charge in [0, 0.05) is 18.5 Å². The van der Waals surface area contributed by atoms with E-state index in [1.807, 2.05) is 6.07 Å². The van der Waals surface area contributed by atoms with Gasteiger partial charge in [0.1, 0.15) is 5.82 Å². The van der Waals surface area contributed by atoms with Gasteiger partial charge < -0.3 is 5.43 Å². The molecule has 0 spiro atoms. The summed E-state index contributed by atoms with van der Waals surface area (Å²) in [4.78, 5) is 19.3. The van der Waals surface area contributed by atoms with Gasteiger partial charge in [-0.3, -0.25) is 9.36 Å². The fourth-order valence-electron chi connectivity index (χ4n) is 1.35. The summed E-state index contributed by atoms with van der Waals surface area (Å²) >= 11 is 0. The Balaban J connectivity index is 2.27. The molecule has 6 nitrogen and oxygen atoms in total. The molecule has 0 saturated heterocycles. The highest BCUT2D eigenvalue weighted by Crippen LogP contribution is 2.05. The second kappa shape index (κ2) is 4.54. The van der Waals surface area contributed by atoms with Crippen LogP contribution < -0.4 is 16.8 Å². The second-order valence-electron chi connectivity index (χ2n) is 3.24. The smallest absolute Gasteiger partial charge is 0.253 e. The fraction of sp³-hybridized carbons (Fsp3) is 0.100. The van der Waals surface area contributed by atoms with Crippen LogP contribution in [0.5, 0.6) is 0 Å². The number of nitrogens with one attached hydrogen (secondary N) is 1. The molecule has 82 valence electrons. The number of nitrogens with zero attached hydrogens (tertiary/aromatic N) is 3. The van der Waals surface area contributed by atoms with Gasteiger partial charge in [-0.1, -0.05) is 0 Å². The maximum atomic E-state index is 11.4. The van der Waals surface area contributed by atoms with E-state index in [0.717, 1.165) is 5.56 Å². The van der Waals surface area contributed by atoms with E-state index in [1.165, 1.54) is 23.2 Å². The molecule has 0 atom stereocenters. The summed E-state index contributed by atoms with van der Waals surface area (Å²) in [5.41, 5.74) is 3.29. The van der Waals surface area contributed by atoms with E-state index in [-0.39, 0.29) is 5.56 Å². The maximum absolute atomic E-state index is 11.4. The topological polar surface area (TPSA) is 85.8 Å². The first-order chi connectivity index (χ1) is 7.79. The van der Waals surface area contributed by atoms with E-state index in [0.29, 0.717) is 12.4 Å². The lowest BCUT2D eigenvalue weighted by Gasteiger charge is -2.05. The van der Waals surface area contributed by atoms with E-state index in [4.69, 9.17) is 5.84 Å². The molecule has 6 heteroatoms. The molecule has 0 fully saturated rings. The Labute approximate surface area is 91.7 Å². The van der Waals surface area contributed by atoms with Crippen LogP contribution in [-0.4, -0.2) is 14.5 Å². The lowest BCUT2D eigenvalue weighted by atomic mass is 10.2. The predicted octanol–water partition coefficient (Wildman–Crippen LogP) is -0.0278. The first-order valence-electron chi connectivity index (χ1n) is 4.71. The van der Waals surface area contributed by atoms with Gasteiger partial charge in [-0.25, -0.2) is 15.8 Å². The average Bonchev–Trinajstić information content (AvgIpc) is 2.32. The Bertz CT molecular complexity index is 536. The van der Waals surface area contributed by atoms with Crippen LogP contribution in [-0.2, 0) is 6.54 Å². The highest BCUT2D eigenvalue weighted by Gasteiger charge is 1.99. The minimum absolute atomic E-state index is 0.0888. The Morgan fingerprint density at radius 1 is 1.38 bits per heavy atom. The van der Waals surface area contributed by atoms with Crippen molar-refractivity contribution >= 4 is 5.82 Å². The van der Waals surface area contributed by atoms with Gasteiger partial charge in [0.15, 0.2) is 0 Å². The van der Waals surface area contributed by atoms with E-state index in [9.17, 15) is 4.79 Å². The summed E-state index contributed by atoms with van der Waals surface area (Å²) in [7, 11) is 0. The SMILES string of the molecule is NNc1cc(Cn2cnccc2=O)ccn1. The van der Waals surface area contributed by atoms with Crippen LogP contribution in [0.3, 0.4) is 0 Å². The van der Waals surface area contributed by atoms with Gasteiger partial charge in [-0.15, -0.1) is 0 Å². The van der Waals surface area contributed by atoms with Crippen molar-refractivity contribution in [2.75, 3.05) is 5.43 Å². The third kappa shape index (κ3) is 2.23. The molecule has 0 saturated carbocycles. The van der Waals surface area contributed by atoms with Gasteiger partial charge in [0.05, 0.1) is 12.9 Å². The van der Waals surface area contributed by atoms with Crippen LogP contribution in [0.15, 0.2) is 41.7 Å². The van der Waals surface area contributed by atoms with E-state index in [2.05, 4.69) is 15.4 Å². The van der Waals surface area contributed by atoms with Crippen molar-refractivity contribution in [1.29, 1.82) is 0 Å². The Kier molecular flexibility index (Phi) is 2.93. The number of anilines is 1. The summed E-state index contributed by atoms with van der Waals surface area (Å²) in [5.74, 6) is 5.81. The first-order valence-corrected chi connectivity index (χ1v) is 4.71. The number of hydrogen-bond donors (Lipinski definition) is 2. The molecule has 0 radical (unpaired) electrons. The molecular formula is C10H11N5O. The number of hydrazine groups is 1. The largest absolute Gasteiger partial charge is 0.308 e. The summed E-state index contributed by atoms with van der Waals surface area (Å²) in [6, 6.07) is 5.02. The zero-order chi connectivity index (χ0) is 11.4. The molecule has 16 heavy (non-hydrogen) atoms. The van der Waals surface area contributed by atoms with Crippen LogP contribution in [0.4, 0.5) is 5.82 Å². The van der Waals surface area contributed by atoms with Crippen LogP contribution in [0, 0.1) is 0 Å². The molecule has 0 amide bonds. The predicted molar refractivity (Wildman–Crippen MR) is 59.6 cm³/mol. The highest BCUT2D eigenvalue weighted by molar-refractivity contribution is 5.35. The molecule has 2 aromatic rings. The number of pyridine rings is 1. The lowest BCUT2D eigenvalue weighted by molar-refractivity contribution is 0.735. The van der Waals surface area contributed by atoms with Gasteiger partial charge in [-0.05, 0) is 17.7 Å². The zero-order valence-electron chi connectivity index (χ0n) is 8.50. The third-order valence-electron chi connectivity index (χ3n) is 2.12. The lowest BCUT2D eigenvalue weighted by Crippen LogP contribution is -2.19. The quantitative estimate of drug-likeness (QED) is 0.557. The number of nitrogen functional groups attached to an aromatic ring is 1. The molecule has 0 aromatic carbocycles. The van der Waals surface area contributed by atoms with Crippen molar-refractivity contribution in [3.63, 3.8) is 0 Å². The van der Waals surface area contributed by atoms with Crippen LogP contribution in [0.1, 0.15) is 5.56 Å². The fourth-order valence-corrected chi connectivity index (χ4v) is 1.35. The average molecular weight is 217 g/mol. The normalized spacial score (nSPS) is 10.1. The van der Waals surface area contributed by atoms with E-state index < -0.39 is 0 Å². The van der Waals surface area contributed by atoms with Crippen LogP contribution >= 0.6 is 0 Å². The Morgan fingerprint density at radius 2 is 2.25 bits per heavy atom. The van der Waals surface area contributed by atoms with Crippen LogP contribution in [0.2, 0.25) is 0 Å². The second-order valence-corrected chi connectivity index (χ2v) is 3.24. The highest BCUT2D eigenvalue weighted by atomic mass is 16.1. The molecular weight excluding hydrogens is 206 g/mol. The van der Waals surface area contributed by atoms with Gasteiger partial charge >= 0.3 is 0 Å². The number of rotatable bonds is 3. The third-order valence-corrected chi connectivity index (χ3v) is 2.12. The Morgan fingerprint density at radius 3 is 3.00 bits per heavy atom. The molecule has 3 N–H and O–H groups in total. The van der Waals surface area contributed by atoms with Gasteiger partial charge in [0.2, 0.25) is 0 Å². The summed E-state index contributed by atoms with van der Waals surface area (Å²) < 4.78 is 1.51. The van der Waals surface area contributed by atoms with Crippen molar-refractivity contribution in [3.05, 3.63) is 52.8 Å². The van der Waals surface area contributed by atoms with Gasteiger partial charge in [0.25, 0.3) is 5.56 Å². The van der Waals surface area contributed by atoms with Crippen molar-refractivity contribution in [1.82, 2.24) is 14.5 Å². The monoisotopic (exact) mass is 217 g/mol. The standard InChI is InChI=1S/C10H11N5O/c11-14-9-5-8(1-4-13-9)6-15-7-12-3-2-10(15)16/h1-5,7H,6,11H2,(H,13,14). The van der Waals surface area contributed by atoms with Gasteiger partial charge in [-0.2, -0.15) is 0 Å². The summed E-state index contributed by atoms with van der Waals surface area (Å²) in [5, 5.41) is 0. The van der Waals surface area contributed by atoms with Crippen molar-refractivity contribution in [3.8, 4) is 0 Å². The first kappa shape index (κ1) is 10.3. The van der Waals surface area contributed by atoms with Crippen molar-refractivity contribution in [2.24, 2.45) is 5.84 Å². The summed E-state index contributed by atoms with van der Waals surface area (Å²) in [6.45, 7) is 0.448. The molecule has 0 bridgehead atoms. The Hall–Kier alpha value is -2.21. The zero-order valence-corrected chi connectivity index (χ0v) is 8.50. The number of aromatic nitrogens is 3. The molecule has 0 aliphatic rings. The van der Waals surface area contributed by atoms with Crippen molar-refractivity contribution in [2.45, 2.75) is 6.54 Å². The molecule has 0 aliphatic carbocycles. The number of nitrogens with two attached hydrogens (primary N) is 1. The molecule has 0 aliphatic heterocycles. The van der Waals surface area contributed by atoms with Crippen LogP contribution in [0.25, 0.3) is 0 Å². The maximum Gasteiger partial charge on any atom is 0.253 e. The molecule has 2 heterocycles. The minimum Gasteiger partial charge on any atom is -0.308 e. The van der Waals surface area contributed by atoms with E-state index >= 15 is 0 Å². The molecule has 0 unspecified atom stereocenters. The van der Waals surface area contributed by atoms with Crippen molar-refractivity contribution < 1.29 is 0 Å². The number of hydrogen-bond acceptors (Lipinski definition) is 5. The molecule has 2 rings (SSSR count). The summed E-state index contributed by atoms with van der Waals surface area (Å²) in [6.07, 6.45) is 4.60. The minimum atomic E-state index is -0.0888. The molecule has 2 aromatic heterocycles. The van der Waals surface area contributed by atoms with E-state index in [1.54, 1.807) is 12.3 Å².